The minimum absolute atomic E-state index is 0.107. The van der Waals surface area contributed by atoms with E-state index in [0.29, 0.717) is 5.56 Å². The smallest absolute Gasteiger partial charge is 0.406 e. The van der Waals surface area contributed by atoms with Crippen LogP contribution in [-0.2, 0) is 6.54 Å². The first-order chi connectivity index (χ1) is 9.33. The van der Waals surface area contributed by atoms with Crippen LogP contribution in [0.15, 0.2) is 41.2 Å². The van der Waals surface area contributed by atoms with Gasteiger partial charge >= 0.3 is 6.36 Å². The Balaban J connectivity index is 2.15. The largest absolute Gasteiger partial charge is 0.573 e. The van der Waals surface area contributed by atoms with Gasteiger partial charge in [0, 0.05) is 6.07 Å². The number of nitrogens with two attached hydrogens (primary N) is 1. The highest BCUT2D eigenvalue weighted by Crippen LogP contribution is 2.22. The molecule has 1 aromatic carbocycles. The SMILES string of the molecule is Nc1ccc(=O)n(Cc2ccc(OC(F)(F)F)cc2)n1. The number of benzene rings is 1. The average molecular weight is 285 g/mol. The van der Waals surface area contributed by atoms with Crippen molar-refractivity contribution in [3.8, 4) is 5.75 Å². The molecule has 0 bridgehead atoms. The van der Waals surface area contributed by atoms with Crippen LogP contribution in [-0.4, -0.2) is 16.1 Å². The van der Waals surface area contributed by atoms with Crippen molar-refractivity contribution in [3.05, 3.63) is 52.3 Å². The summed E-state index contributed by atoms with van der Waals surface area (Å²) in [7, 11) is 0. The van der Waals surface area contributed by atoms with E-state index in [4.69, 9.17) is 5.73 Å². The predicted molar refractivity (Wildman–Crippen MR) is 65.1 cm³/mol. The lowest BCUT2D eigenvalue weighted by molar-refractivity contribution is -0.274. The first-order valence-corrected chi connectivity index (χ1v) is 5.52. The number of rotatable bonds is 3. The number of aromatic nitrogens is 2. The van der Waals surface area contributed by atoms with E-state index in [2.05, 4.69) is 9.84 Å². The van der Waals surface area contributed by atoms with E-state index in [1.807, 2.05) is 0 Å². The van der Waals surface area contributed by atoms with E-state index in [-0.39, 0.29) is 23.7 Å². The van der Waals surface area contributed by atoms with Gasteiger partial charge in [0.2, 0.25) is 0 Å². The zero-order chi connectivity index (χ0) is 14.8. The molecule has 0 saturated heterocycles. The third kappa shape index (κ3) is 3.74. The van der Waals surface area contributed by atoms with Crippen molar-refractivity contribution < 1.29 is 17.9 Å². The van der Waals surface area contributed by atoms with Crippen molar-refractivity contribution in [2.45, 2.75) is 12.9 Å². The Labute approximate surface area is 111 Å². The second-order valence-corrected chi connectivity index (χ2v) is 3.95. The topological polar surface area (TPSA) is 70.1 Å². The minimum atomic E-state index is -4.73. The van der Waals surface area contributed by atoms with Gasteiger partial charge in [0.15, 0.2) is 0 Å². The van der Waals surface area contributed by atoms with Crippen LogP contribution in [0.1, 0.15) is 5.56 Å². The Morgan fingerprint density at radius 1 is 1.15 bits per heavy atom. The Bertz CT molecular complexity index is 650. The first-order valence-electron chi connectivity index (χ1n) is 5.52. The molecule has 0 radical (unpaired) electrons. The quantitative estimate of drug-likeness (QED) is 0.933. The third-order valence-corrected chi connectivity index (χ3v) is 2.38. The summed E-state index contributed by atoms with van der Waals surface area (Å²) in [4.78, 5) is 11.5. The van der Waals surface area contributed by atoms with Gasteiger partial charge in [-0.15, -0.1) is 13.2 Å². The standard InChI is InChI=1S/C12H10F3N3O2/c13-12(14,15)20-9-3-1-8(2-4-9)7-18-11(19)6-5-10(16)17-18/h1-6H,7H2,(H2,16,17). The molecule has 1 aromatic heterocycles. The summed E-state index contributed by atoms with van der Waals surface area (Å²) < 4.78 is 40.8. The summed E-state index contributed by atoms with van der Waals surface area (Å²) in [5, 5.41) is 3.82. The number of anilines is 1. The minimum Gasteiger partial charge on any atom is -0.406 e. The van der Waals surface area contributed by atoms with Crippen molar-refractivity contribution in [1.29, 1.82) is 0 Å². The maximum atomic E-state index is 12.0. The summed E-state index contributed by atoms with van der Waals surface area (Å²) in [6.07, 6.45) is -4.73. The average Bonchev–Trinajstić information content (AvgIpc) is 2.34. The number of hydrogen-bond donors (Lipinski definition) is 1. The van der Waals surface area contributed by atoms with Crippen LogP contribution in [0.25, 0.3) is 0 Å². The van der Waals surface area contributed by atoms with Crippen molar-refractivity contribution in [2.24, 2.45) is 0 Å². The highest BCUT2D eigenvalue weighted by molar-refractivity contribution is 5.28. The molecule has 106 valence electrons. The molecule has 0 unspecified atom stereocenters. The second kappa shape index (κ2) is 5.24. The maximum Gasteiger partial charge on any atom is 0.573 e. The van der Waals surface area contributed by atoms with E-state index in [1.54, 1.807) is 0 Å². The predicted octanol–water partition coefficient (Wildman–Crippen LogP) is 1.77. The molecule has 0 aliphatic rings. The Kier molecular flexibility index (Phi) is 3.64. The molecule has 20 heavy (non-hydrogen) atoms. The van der Waals surface area contributed by atoms with Crippen LogP contribution < -0.4 is 16.0 Å². The van der Waals surface area contributed by atoms with Gasteiger partial charge in [-0.1, -0.05) is 12.1 Å². The summed E-state index contributed by atoms with van der Waals surface area (Å²) in [5.41, 5.74) is 5.70. The fraction of sp³-hybridized carbons (Fsp3) is 0.167. The molecular formula is C12H10F3N3O2. The lowest BCUT2D eigenvalue weighted by atomic mass is 10.2. The molecule has 2 N–H and O–H groups in total. The zero-order valence-electron chi connectivity index (χ0n) is 10.1. The maximum absolute atomic E-state index is 12.0. The molecule has 0 fully saturated rings. The van der Waals surface area contributed by atoms with E-state index >= 15 is 0 Å². The molecule has 0 aliphatic carbocycles. The third-order valence-electron chi connectivity index (χ3n) is 2.38. The van der Waals surface area contributed by atoms with Crippen LogP contribution >= 0.6 is 0 Å². The second-order valence-electron chi connectivity index (χ2n) is 3.95. The van der Waals surface area contributed by atoms with Crippen LogP contribution in [0.3, 0.4) is 0 Å². The van der Waals surface area contributed by atoms with Crippen molar-refractivity contribution in [2.75, 3.05) is 5.73 Å². The molecule has 0 spiro atoms. The van der Waals surface area contributed by atoms with E-state index in [0.717, 1.165) is 4.68 Å². The fourth-order valence-electron chi connectivity index (χ4n) is 1.55. The molecule has 5 nitrogen and oxygen atoms in total. The van der Waals surface area contributed by atoms with Gasteiger partial charge in [0.1, 0.15) is 11.6 Å². The molecule has 0 atom stereocenters. The number of nitrogen functional groups attached to an aromatic ring is 1. The Hall–Kier alpha value is -2.51. The molecular weight excluding hydrogens is 275 g/mol. The van der Waals surface area contributed by atoms with Crippen molar-refractivity contribution in [3.63, 3.8) is 0 Å². The van der Waals surface area contributed by atoms with Gasteiger partial charge in [0.25, 0.3) is 5.56 Å². The number of ether oxygens (including phenoxy) is 1. The van der Waals surface area contributed by atoms with Gasteiger partial charge in [-0.3, -0.25) is 4.79 Å². The highest BCUT2D eigenvalue weighted by atomic mass is 19.4. The highest BCUT2D eigenvalue weighted by Gasteiger charge is 2.30. The monoisotopic (exact) mass is 285 g/mol. The molecule has 0 saturated carbocycles. The van der Waals surface area contributed by atoms with Gasteiger partial charge in [0.05, 0.1) is 6.54 Å². The normalized spacial score (nSPS) is 11.3. The number of alkyl halides is 3. The van der Waals surface area contributed by atoms with Crippen LogP contribution in [0.5, 0.6) is 5.75 Å². The van der Waals surface area contributed by atoms with Crippen molar-refractivity contribution >= 4 is 5.82 Å². The summed E-state index contributed by atoms with van der Waals surface area (Å²) >= 11 is 0. The lowest BCUT2D eigenvalue weighted by Crippen LogP contribution is -2.23. The summed E-state index contributed by atoms with van der Waals surface area (Å²) in [6, 6.07) is 7.81. The molecule has 2 rings (SSSR count). The van der Waals surface area contributed by atoms with Gasteiger partial charge < -0.3 is 10.5 Å². The molecule has 0 aliphatic heterocycles. The first kappa shape index (κ1) is 13.9. The number of hydrogen-bond acceptors (Lipinski definition) is 4. The Morgan fingerprint density at radius 2 is 1.80 bits per heavy atom. The van der Waals surface area contributed by atoms with E-state index in [1.165, 1.54) is 36.4 Å². The van der Waals surface area contributed by atoms with Crippen LogP contribution in [0.2, 0.25) is 0 Å². The summed E-state index contributed by atoms with van der Waals surface area (Å²) in [6.45, 7) is 0.107. The van der Waals surface area contributed by atoms with Crippen LogP contribution in [0, 0.1) is 0 Å². The van der Waals surface area contributed by atoms with Gasteiger partial charge in [-0.05, 0) is 23.8 Å². The number of nitrogens with zero attached hydrogens (tertiary/aromatic N) is 2. The fourth-order valence-corrected chi connectivity index (χ4v) is 1.55. The van der Waals surface area contributed by atoms with E-state index < -0.39 is 6.36 Å². The summed E-state index contributed by atoms with van der Waals surface area (Å²) in [5.74, 6) is -0.143. The van der Waals surface area contributed by atoms with Gasteiger partial charge in [-0.25, -0.2) is 4.68 Å². The Morgan fingerprint density at radius 3 is 2.40 bits per heavy atom. The molecule has 8 heteroatoms. The number of halogens is 3. The molecule has 1 heterocycles. The van der Waals surface area contributed by atoms with Crippen molar-refractivity contribution in [1.82, 2.24) is 9.78 Å². The van der Waals surface area contributed by atoms with Gasteiger partial charge in [-0.2, -0.15) is 5.10 Å². The molecule has 2 aromatic rings. The van der Waals surface area contributed by atoms with E-state index in [9.17, 15) is 18.0 Å². The zero-order valence-corrected chi connectivity index (χ0v) is 10.1. The van der Waals surface area contributed by atoms with Crippen LogP contribution in [0.4, 0.5) is 19.0 Å². The lowest BCUT2D eigenvalue weighted by Gasteiger charge is -2.09. The molecule has 0 amide bonds.